The van der Waals surface area contributed by atoms with Crippen LogP contribution in [0.25, 0.3) is 5.70 Å². The van der Waals surface area contributed by atoms with Crippen LogP contribution in [0.5, 0.6) is 11.5 Å². The summed E-state index contributed by atoms with van der Waals surface area (Å²) in [6, 6.07) is 10.8. The molecule has 172 valence electrons. The van der Waals surface area contributed by atoms with Crippen molar-refractivity contribution in [2.45, 2.75) is 60.0 Å². The maximum atomic E-state index is 5.82. The zero-order valence-corrected chi connectivity index (χ0v) is 20.7. The van der Waals surface area contributed by atoms with Crippen LogP contribution in [0.3, 0.4) is 0 Å². The Bertz CT molecular complexity index is 1010. The van der Waals surface area contributed by atoms with Gasteiger partial charge in [-0.2, -0.15) is 0 Å². The average molecular weight is 436 g/mol. The fraction of sp³-hybridized carbons (Fsp3) is 0.407. The Morgan fingerprint density at radius 3 is 2.19 bits per heavy atom. The number of allylic oxidation sites excluding steroid dienone is 1. The molecule has 2 aromatic carbocycles. The molecule has 0 saturated heterocycles. The average Bonchev–Trinajstić information content (AvgIpc) is 3.60. The van der Waals surface area contributed by atoms with Crippen molar-refractivity contribution in [1.82, 2.24) is 10.6 Å². The van der Waals surface area contributed by atoms with Gasteiger partial charge in [0.15, 0.2) is 0 Å². The lowest BCUT2D eigenvalue weighted by molar-refractivity contribution is 0.368. The van der Waals surface area contributed by atoms with Crippen molar-refractivity contribution in [3.8, 4) is 11.5 Å². The molecule has 5 heteroatoms. The minimum atomic E-state index is -0.00752. The van der Waals surface area contributed by atoms with Gasteiger partial charge in [0.05, 0.1) is 31.2 Å². The summed E-state index contributed by atoms with van der Waals surface area (Å²) < 4.78 is 11.6. The maximum Gasteiger partial charge on any atom is 0.129 e. The van der Waals surface area contributed by atoms with Gasteiger partial charge in [-0.3, -0.25) is 0 Å². The molecule has 0 spiro atoms. The fourth-order valence-corrected chi connectivity index (χ4v) is 3.53. The lowest BCUT2D eigenvalue weighted by Gasteiger charge is -2.27. The minimum absolute atomic E-state index is 0.00752. The number of aryl methyl sites for hydroxylation is 1. The van der Waals surface area contributed by atoms with Crippen LogP contribution in [0.4, 0.5) is 11.4 Å². The first kappa shape index (κ1) is 23.7. The maximum absolute atomic E-state index is 5.82. The fourth-order valence-electron chi connectivity index (χ4n) is 3.53. The van der Waals surface area contributed by atoms with E-state index in [9.17, 15) is 0 Å². The molecule has 2 N–H and O–H groups in total. The predicted molar refractivity (Wildman–Crippen MR) is 135 cm³/mol. The lowest BCUT2D eigenvalue weighted by atomic mass is 10.0. The van der Waals surface area contributed by atoms with Crippen LogP contribution < -0.4 is 25.0 Å². The van der Waals surface area contributed by atoms with Crippen LogP contribution in [0.1, 0.15) is 57.7 Å². The molecule has 1 heterocycles. The van der Waals surface area contributed by atoms with Crippen molar-refractivity contribution in [2.24, 2.45) is 0 Å². The summed E-state index contributed by atoms with van der Waals surface area (Å²) in [5.74, 6) is 1.62. The van der Waals surface area contributed by atoms with Crippen LogP contribution >= 0.6 is 0 Å². The Morgan fingerprint density at radius 2 is 1.72 bits per heavy atom. The molecular formula is C27H37N3O2. The molecule has 3 rings (SSSR count). The Hall–Kier alpha value is -2.92. The molecule has 5 nitrogen and oxygen atoms in total. The third-order valence-electron chi connectivity index (χ3n) is 5.63. The number of ether oxygens (including phenoxy) is 2. The van der Waals surface area contributed by atoms with Gasteiger partial charge in [0, 0.05) is 42.3 Å². The van der Waals surface area contributed by atoms with Gasteiger partial charge in [-0.15, -0.1) is 0 Å². The summed E-state index contributed by atoms with van der Waals surface area (Å²) in [6.45, 7) is 13.6. The molecule has 1 aliphatic rings. The molecule has 0 aromatic heterocycles. The first-order chi connectivity index (χ1) is 15.2. The SMILES string of the molecule is CC/C(C)=C\N(c1cc(OC)c(CNC(C)(C)C)c(OC)c1)c1ccc(C2=CN2)cc1C. The highest BCUT2D eigenvalue weighted by atomic mass is 16.5. The van der Waals surface area contributed by atoms with Crippen molar-refractivity contribution >= 4 is 17.1 Å². The van der Waals surface area contributed by atoms with Gasteiger partial charge < -0.3 is 25.0 Å². The first-order valence-corrected chi connectivity index (χ1v) is 11.2. The van der Waals surface area contributed by atoms with E-state index in [-0.39, 0.29) is 5.54 Å². The Labute approximate surface area is 193 Å². The standard InChI is InChI=1S/C27H37N3O2/c1-9-18(2)17-30(24-11-10-20(12-19(24)3)23-16-28-23)21-13-25(31-7)22(26(14-21)32-8)15-29-27(4,5)6/h10-14,16-17,28-29H,9,15H2,1-8H3/b18-17-. The van der Waals surface area contributed by atoms with Gasteiger partial charge >= 0.3 is 0 Å². The van der Waals surface area contributed by atoms with Gasteiger partial charge in [-0.1, -0.05) is 18.6 Å². The summed E-state index contributed by atoms with van der Waals surface area (Å²) in [4.78, 5) is 2.23. The number of nitrogens with zero attached hydrogens (tertiary/aromatic N) is 1. The number of anilines is 2. The zero-order chi connectivity index (χ0) is 23.5. The van der Waals surface area contributed by atoms with Crippen LogP contribution in [0.2, 0.25) is 0 Å². The number of hydrogen-bond donors (Lipinski definition) is 2. The number of hydrogen-bond acceptors (Lipinski definition) is 5. The van der Waals surface area contributed by atoms with Crippen LogP contribution in [0.15, 0.2) is 48.3 Å². The molecule has 0 fully saturated rings. The number of methoxy groups -OCH3 is 2. The topological polar surface area (TPSA) is 55.7 Å². The highest BCUT2D eigenvalue weighted by Gasteiger charge is 2.20. The highest BCUT2D eigenvalue weighted by Crippen LogP contribution is 2.39. The van der Waals surface area contributed by atoms with E-state index in [1.807, 2.05) is 6.20 Å². The second-order valence-electron chi connectivity index (χ2n) is 9.34. The van der Waals surface area contributed by atoms with E-state index in [1.165, 1.54) is 22.4 Å². The van der Waals surface area contributed by atoms with Crippen LogP contribution in [-0.4, -0.2) is 19.8 Å². The molecule has 0 saturated carbocycles. The van der Waals surface area contributed by atoms with Gasteiger partial charge in [-0.05, 0) is 64.3 Å². The Kier molecular flexibility index (Phi) is 7.19. The van der Waals surface area contributed by atoms with Crippen molar-refractivity contribution in [1.29, 1.82) is 0 Å². The zero-order valence-electron chi connectivity index (χ0n) is 20.7. The molecule has 0 atom stereocenters. The smallest absolute Gasteiger partial charge is 0.129 e. The molecule has 2 aromatic rings. The molecule has 0 aliphatic carbocycles. The summed E-state index contributed by atoms with van der Waals surface area (Å²) >= 11 is 0. The second-order valence-corrected chi connectivity index (χ2v) is 9.34. The van der Waals surface area contributed by atoms with E-state index < -0.39 is 0 Å². The van der Waals surface area contributed by atoms with E-state index >= 15 is 0 Å². The van der Waals surface area contributed by atoms with E-state index in [0.717, 1.165) is 34.9 Å². The van der Waals surface area contributed by atoms with Crippen molar-refractivity contribution in [3.63, 3.8) is 0 Å². The highest BCUT2D eigenvalue weighted by molar-refractivity contribution is 5.78. The van der Waals surface area contributed by atoms with Gasteiger partial charge in [0.25, 0.3) is 0 Å². The minimum Gasteiger partial charge on any atom is -0.496 e. The Morgan fingerprint density at radius 1 is 1.09 bits per heavy atom. The van der Waals surface area contributed by atoms with E-state index in [4.69, 9.17) is 9.47 Å². The van der Waals surface area contributed by atoms with Crippen LogP contribution in [0, 0.1) is 6.92 Å². The van der Waals surface area contributed by atoms with Crippen LogP contribution in [-0.2, 0) is 6.54 Å². The largest absolute Gasteiger partial charge is 0.496 e. The molecule has 32 heavy (non-hydrogen) atoms. The number of nitrogens with one attached hydrogen (secondary N) is 2. The third kappa shape index (κ3) is 5.65. The van der Waals surface area contributed by atoms with Gasteiger partial charge in [-0.25, -0.2) is 0 Å². The van der Waals surface area contributed by atoms with Crippen molar-refractivity contribution in [3.05, 3.63) is 65.0 Å². The van der Waals surface area contributed by atoms with Crippen molar-refractivity contribution in [2.75, 3.05) is 19.1 Å². The Balaban J connectivity index is 2.09. The van der Waals surface area contributed by atoms with E-state index in [0.29, 0.717) is 6.54 Å². The molecule has 0 bridgehead atoms. The van der Waals surface area contributed by atoms with Gasteiger partial charge in [0.2, 0.25) is 0 Å². The summed E-state index contributed by atoms with van der Waals surface area (Å²) in [6.07, 6.45) is 5.21. The monoisotopic (exact) mass is 435 g/mol. The molecule has 0 unspecified atom stereocenters. The third-order valence-corrected chi connectivity index (χ3v) is 5.63. The van der Waals surface area contributed by atoms with E-state index in [1.54, 1.807) is 14.2 Å². The molecular weight excluding hydrogens is 398 g/mol. The normalized spacial score (nSPS) is 13.4. The lowest BCUT2D eigenvalue weighted by Crippen LogP contribution is -2.35. The molecule has 0 radical (unpaired) electrons. The number of benzene rings is 2. The molecule has 1 aliphatic heterocycles. The summed E-state index contributed by atoms with van der Waals surface area (Å²) in [5.41, 5.74) is 8.03. The predicted octanol–water partition coefficient (Wildman–Crippen LogP) is 6.25. The molecule has 0 amide bonds. The second kappa shape index (κ2) is 9.70. The van der Waals surface area contributed by atoms with Crippen molar-refractivity contribution < 1.29 is 9.47 Å². The summed E-state index contributed by atoms with van der Waals surface area (Å²) in [7, 11) is 3.43. The van der Waals surface area contributed by atoms with E-state index in [2.05, 4.69) is 93.6 Å². The number of rotatable bonds is 9. The quantitative estimate of drug-likeness (QED) is 0.487. The summed E-state index contributed by atoms with van der Waals surface area (Å²) in [5, 5.41) is 6.73. The first-order valence-electron chi connectivity index (χ1n) is 11.2. The van der Waals surface area contributed by atoms with Gasteiger partial charge in [0.1, 0.15) is 11.5 Å².